The lowest BCUT2D eigenvalue weighted by Crippen LogP contribution is -2.31. The van der Waals surface area contributed by atoms with Crippen LogP contribution in [0, 0.1) is 0 Å². The lowest BCUT2D eigenvalue weighted by Gasteiger charge is -2.26. The van der Waals surface area contributed by atoms with E-state index in [-0.39, 0.29) is 6.10 Å². The molecule has 1 aliphatic carbocycles. The normalized spacial score (nSPS) is 17.5. The number of anilines is 1. The number of rotatable bonds is 5. The fourth-order valence-electron chi connectivity index (χ4n) is 4.29. The molecule has 0 atom stereocenters. The quantitative estimate of drug-likeness (QED) is 0.626. The number of hydrogen-bond donors (Lipinski definition) is 0. The molecule has 3 aliphatic rings. The summed E-state index contributed by atoms with van der Waals surface area (Å²) in [6.07, 6.45) is 5.04. The lowest BCUT2D eigenvalue weighted by atomic mass is 10.0. The SMILES string of the molecule is CC(C)Oc1ccc2c(c1)C(c1cc(N3CCc4nc(C5CC5)oc4C3)ncn1)=NC2. The van der Waals surface area contributed by atoms with Crippen molar-refractivity contribution >= 4 is 11.5 Å². The summed E-state index contributed by atoms with van der Waals surface area (Å²) in [7, 11) is 0. The van der Waals surface area contributed by atoms with Crippen LogP contribution in [0.15, 0.2) is 40.0 Å². The maximum atomic E-state index is 6.07. The van der Waals surface area contributed by atoms with Crippen LogP contribution in [0.5, 0.6) is 5.75 Å². The largest absolute Gasteiger partial charge is 0.491 e. The second-order valence-electron chi connectivity index (χ2n) is 8.78. The molecule has 0 amide bonds. The van der Waals surface area contributed by atoms with Crippen molar-refractivity contribution in [2.75, 3.05) is 11.4 Å². The molecule has 6 rings (SSSR count). The molecule has 7 heteroatoms. The molecule has 158 valence electrons. The molecule has 0 N–H and O–H groups in total. The summed E-state index contributed by atoms with van der Waals surface area (Å²) in [5.74, 6) is 4.19. The zero-order valence-corrected chi connectivity index (χ0v) is 17.8. The molecular weight excluding hydrogens is 390 g/mol. The summed E-state index contributed by atoms with van der Waals surface area (Å²) < 4.78 is 12.0. The molecule has 0 unspecified atom stereocenters. The van der Waals surface area contributed by atoms with Gasteiger partial charge in [0.15, 0.2) is 5.89 Å². The van der Waals surface area contributed by atoms with Crippen molar-refractivity contribution in [3.05, 3.63) is 64.8 Å². The maximum absolute atomic E-state index is 6.07. The number of benzene rings is 1. The van der Waals surface area contributed by atoms with Gasteiger partial charge in [-0.15, -0.1) is 0 Å². The van der Waals surface area contributed by atoms with Crippen LogP contribution in [0.25, 0.3) is 0 Å². The fourth-order valence-corrected chi connectivity index (χ4v) is 4.29. The van der Waals surface area contributed by atoms with E-state index in [0.717, 1.165) is 58.8 Å². The zero-order valence-electron chi connectivity index (χ0n) is 17.8. The minimum absolute atomic E-state index is 0.131. The van der Waals surface area contributed by atoms with Gasteiger partial charge in [0.05, 0.1) is 36.3 Å². The van der Waals surface area contributed by atoms with Gasteiger partial charge < -0.3 is 14.1 Å². The van der Waals surface area contributed by atoms with Gasteiger partial charge in [0.2, 0.25) is 0 Å². The molecule has 2 aromatic heterocycles. The molecule has 1 aromatic carbocycles. The summed E-state index contributed by atoms with van der Waals surface area (Å²) in [6, 6.07) is 8.22. The minimum atomic E-state index is 0.131. The molecule has 4 heterocycles. The molecule has 1 fully saturated rings. The lowest BCUT2D eigenvalue weighted by molar-refractivity contribution is 0.242. The average Bonchev–Trinajstić information content (AvgIpc) is 3.40. The number of aliphatic imine (C=N–C) groups is 1. The van der Waals surface area contributed by atoms with E-state index < -0.39 is 0 Å². The first-order valence-corrected chi connectivity index (χ1v) is 11.0. The van der Waals surface area contributed by atoms with Gasteiger partial charge in [-0.2, -0.15) is 0 Å². The highest BCUT2D eigenvalue weighted by Crippen LogP contribution is 2.41. The van der Waals surface area contributed by atoms with E-state index in [4.69, 9.17) is 19.1 Å². The highest BCUT2D eigenvalue weighted by Gasteiger charge is 2.32. The van der Waals surface area contributed by atoms with Crippen LogP contribution in [0.2, 0.25) is 0 Å². The topological polar surface area (TPSA) is 76.6 Å². The van der Waals surface area contributed by atoms with Crippen molar-refractivity contribution in [1.29, 1.82) is 0 Å². The molecule has 0 saturated heterocycles. The molecule has 1 saturated carbocycles. The van der Waals surface area contributed by atoms with Gasteiger partial charge in [-0.3, -0.25) is 4.99 Å². The predicted molar refractivity (Wildman–Crippen MR) is 117 cm³/mol. The molecular formula is C24H25N5O2. The van der Waals surface area contributed by atoms with Crippen molar-refractivity contribution in [2.24, 2.45) is 4.99 Å². The predicted octanol–water partition coefficient (Wildman–Crippen LogP) is 4.04. The number of nitrogens with zero attached hydrogens (tertiary/aromatic N) is 5. The third kappa shape index (κ3) is 3.48. The van der Waals surface area contributed by atoms with Crippen molar-refractivity contribution in [1.82, 2.24) is 15.0 Å². The molecule has 7 nitrogen and oxygen atoms in total. The highest BCUT2D eigenvalue weighted by atomic mass is 16.5. The van der Waals surface area contributed by atoms with Crippen LogP contribution >= 0.6 is 0 Å². The van der Waals surface area contributed by atoms with Crippen LogP contribution in [0.4, 0.5) is 5.82 Å². The summed E-state index contributed by atoms with van der Waals surface area (Å²) in [5, 5.41) is 0. The van der Waals surface area contributed by atoms with Gasteiger partial charge in [0, 0.05) is 30.5 Å². The van der Waals surface area contributed by atoms with E-state index in [2.05, 4.69) is 27.0 Å². The summed E-state index contributed by atoms with van der Waals surface area (Å²) in [5.41, 5.74) is 5.14. The van der Waals surface area contributed by atoms with Gasteiger partial charge in [0.25, 0.3) is 0 Å². The number of fused-ring (bicyclic) bond motifs is 2. The van der Waals surface area contributed by atoms with Gasteiger partial charge >= 0.3 is 0 Å². The zero-order chi connectivity index (χ0) is 20.9. The smallest absolute Gasteiger partial charge is 0.197 e. The first-order valence-electron chi connectivity index (χ1n) is 11.0. The minimum Gasteiger partial charge on any atom is -0.491 e. The van der Waals surface area contributed by atoms with E-state index in [1.807, 2.05) is 26.0 Å². The molecule has 0 radical (unpaired) electrons. The Morgan fingerprint density at radius 1 is 1.16 bits per heavy atom. The fraction of sp³-hybridized carbons (Fsp3) is 0.417. The molecule has 0 spiro atoms. The third-order valence-electron chi connectivity index (χ3n) is 6.01. The average molecular weight is 415 g/mol. The van der Waals surface area contributed by atoms with E-state index in [1.54, 1.807) is 6.33 Å². The van der Waals surface area contributed by atoms with Crippen molar-refractivity contribution in [3.8, 4) is 5.75 Å². The molecule has 31 heavy (non-hydrogen) atoms. The van der Waals surface area contributed by atoms with E-state index >= 15 is 0 Å². The van der Waals surface area contributed by atoms with Crippen molar-refractivity contribution in [2.45, 2.75) is 58.2 Å². The van der Waals surface area contributed by atoms with Crippen LogP contribution in [0.3, 0.4) is 0 Å². The molecule has 2 aliphatic heterocycles. The maximum Gasteiger partial charge on any atom is 0.197 e. The van der Waals surface area contributed by atoms with E-state index in [1.165, 1.54) is 18.4 Å². The number of ether oxygens (including phenoxy) is 1. The summed E-state index contributed by atoms with van der Waals surface area (Å²) in [4.78, 5) is 20.8. The third-order valence-corrected chi connectivity index (χ3v) is 6.01. The second kappa shape index (κ2) is 7.18. The monoisotopic (exact) mass is 415 g/mol. The number of hydrogen-bond acceptors (Lipinski definition) is 7. The summed E-state index contributed by atoms with van der Waals surface area (Å²) >= 11 is 0. The highest BCUT2D eigenvalue weighted by molar-refractivity contribution is 6.14. The van der Waals surface area contributed by atoms with E-state index in [0.29, 0.717) is 19.0 Å². The Kier molecular flexibility index (Phi) is 4.30. The Labute approximate surface area is 181 Å². The van der Waals surface area contributed by atoms with Crippen LogP contribution in [-0.2, 0) is 19.5 Å². The Hall–Kier alpha value is -3.22. The Bertz CT molecular complexity index is 1180. The van der Waals surface area contributed by atoms with Crippen molar-refractivity contribution in [3.63, 3.8) is 0 Å². The van der Waals surface area contributed by atoms with Gasteiger partial charge in [-0.05, 0) is 44.4 Å². The van der Waals surface area contributed by atoms with E-state index in [9.17, 15) is 0 Å². The Balaban J connectivity index is 1.27. The second-order valence-corrected chi connectivity index (χ2v) is 8.78. The van der Waals surface area contributed by atoms with Crippen LogP contribution in [-0.4, -0.2) is 33.3 Å². The van der Waals surface area contributed by atoms with Crippen LogP contribution in [0.1, 0.15) is 66.8 Å². The van der Waals surface area contributed by atoms with Gasteiger partial charge in [-0.25, -0.2) is 15.0 Å². The number of aromatic nitrogens is 3. The van der Waals surface area contributed by atoms with Gasteiger partial charge in [-0.1, -0.05) is 6.07 Å². The van der Waals surface area contributed by atoms with Crippen LogP contribution < -0.4 is 9.64 Å². The first kappa shape index (κ1) is 18.5. The van der Waals surface area contributed by atoms with Gasteiger partial charge in [0.1, 0.15) is 23.7 Å². The Morgan fingerprint density at radius 3 is 2.90 bits per heavy atom. The molecule has 0 bridgehead atoms. The Morgan fingerprint density at radius 2 is 2.06 bits per heavy atom. The number of oxazole rings is 1. The van der Waals surface area contributed by atoms with Crippen molar-refractivity contribution < 1.29 is 9.15 Å². The first-order chi connectivity index (χ1) is 15.1. The standard InChI is InChI=1S/C24H25N5O2/c1-14(2)30-17-6-5-16-11-25-23(18(16)9-17)20-10-22(27-13-26-20)29-8-7-19-21(12-29)31-24(28-19)15-3-4-15/h5-6,9-10,13-15H,3-4,7-8,11-12H2,1-2H3. The summed E-state index contributed by atoms with van der Waals surface area (Å²) in [6.45, 7) is 6.30. The molecule has 3 aromatic rings.